The Kier molecular flexibility index (Phi) is 5.06. The average Bonchev–Trinajstić information content (AvgIpc) is 3.71. The maximum atomic E-state index is 14.3. The summed E-state index contributed by atoms with van der Waals surface area (Å²) in [6.07, 6.45) is 8.24. The lowest BCUT2D eigenvalue weighted by atomic mass is 9.68. The van der Waals surface area contributed by atoms with E-state index >= 15 is 0 Å². The van der Waals surface area contributed by atoms with E-state index in [-0.39, 0.29) is 17.1 Å². The van der Waals surface area contributed by atoms with Crippen molar-refractivity contribution in [3.8, 4) is 0 Å². The van der Waals surface area contributed by atoms with E-state index < -0.39 is 36.8 Å². The molecule has 9 rings (SSSR count). The molecule has 2 saturated carbocycles. The molecule has 40 heavy (non-hydrogen) atoms. The summed E-state index contributed by atoms with van der Waals surface area (Å²) < 4.78 is 33.9. The van der Waals surface area contributed by atoms with Crippen LogP contribution in [0.5, 0.6) is 0 Å². The zero-order chi connectivity index (χ0) is 27.4. The van der Waals surface area contributed by atoms with Crippen LogP contribution in [0.4, 0.5) is 0 Å². The molecule has 0 unspecified atom stereocenters. The maximum Gasteiger partial charge on any atom is 0.320 e. The van der Waals surface area contributed by atoms with Crippen molar-refractivity contribution >= 4 is 24.7 Å². The van der Waals surface area contributed by atoms with Gasteiger partial charge in [-0.15, -0.1) is 0 Å². The summed E-state index contributed by atoms with van der Waals surface area (Å²) >= 11 is 0. The molecule has 7 aliphatic rings. The second-order valence-electron chi connectivity index (χ2n) is 13.2. The highest BCUT2D eigenvalue weighted by molar-refractivity contribution is 6.99. The summed E-state index contributed by atoms with van der Waals surface area (Å²) in [5.74, 6) is -1.20. The average molecular weight is 557 g/mol. The molecule has 4 fully saturated rings. The van der Waals surface area contributed by atoms with Crippen molar-refractivity contribution in [1.82, 2.24) is 0 Å². The predicted octanol–water partition coefficient (Wildman–Crippen LogP) is 4.18. The Labute approximate surface area is 236 Å². The van der Waals surface area contributed by atoms with Gasteiger partial charge < -0.3 is 23.4 Å². The lowest BCUT2D eigenvalue weighted by Crippen LogP contribution is -2.70. The van der Waals surface area contributed by atoms with Gasteiger partial charge in [0.1, 0.15) is 11.5 Å². The number of hydrogen-bond acceptors (Lipinski definition) is 6. The highest BCUT2D eigenvalue weighted by Crippen LogP contribution is 2.69. The molecule has 7 heteroatoms. The molecule has 2 aromatic carbocycles. The van der Waals surface area contributed by atoms with E-state index in [1.807, 2.05) is 0 Å². The Bertz CT molecular complexity index is 1380. The maximum absolute atomic E-state index is 14.3. The minimum Gasteiger partial charge on any atom is -0.448 e. The Morgan fingerprint density at radius 3 is 2.20 bits per heavy atom. The number of rotatable bonds is 4. The summed E-state index contributed by atoms with van der Waals surface area (Å²) in [5.41, 5.74) is -1.87. The predicted molar refractivity (Wildman–Crippen MR) is 152 cm³/mol. The van der Waals surface area contributed by atoms with Gasteiger partial charge in [-0.25, -0.2) is 0 Å². The first-order valence-electron chi connectivity index (χ1n) is 14.6. The minimum atomic E-state index is -2.92. The van der Waals surface area contributed by atoms with Gasteiger partial charge in [-0.1, -0.05) is 93.6 Å². The summed E-state index contributed by atoms with van der Waals surface area (Å²) in [4.78, 5) is 14.3. The first-order valence-corrected chi connectivity index (χ1v) is 16.5. The van der Waals surface area contributed by atoms with Crippen molar-refractivity contribution < 1.29 is 28.2 Å². The Balaban J connectivity index is 1.30. The van der Waals surface area contributed by atoms with E-state index in [0.29, 0.717) is 26.1 Å². The van der Waals surface area contributed by atoms with Crippen LogP contribution in [-0.4, -0.2) is 56.7 Å². The molecule has 208 valence electrons. The van der Waals surface area contributed by atoms with E-state index in [1.54, 1.807) is 0 Å². The molecule has 2 aliphatic carbocycles. The summed E-state index contributed by atoms with van der Waals surface area (Å²) in [5, 5.41) is 2.21. The Morgan fingerprint density at radius 2 is 1.57 bits per heavy atom. The molecule has 2 saturated heterocycles. The zero-order valence-electron chi connectivity index (χ0n) is 23.4. The molecule has 0 N–H and O–H groups in total. The molecule has 6 nitrogen and oxygen atoms in total. The summed E-state index contributed by atoms with van der Waals surface area (Å²) in [7, 11) is -2.92. The number of hydrogen-bond donors (Lipinski definition) is 0. The molecule has 4 bridgehead atoms. The van der Waals surface area contributed by atoms with Gasteiger partial charge in [0.05, 0.1) is 19.3 Å². The number of esters is 1. The SMILES string of the molecule is CC(C)(C)[Si](O[C@@H]1CCC2=C[C@@]34CCC5(OCCO5)[C@]35C=C[C@@H](O5)[C@@]21OC4=O)(c1ccccc1)c1ccccc1. The third-order valence-electron chi connectivity index (χ3n) is 10.5. The number of ether oxygens (including phenoxy) is 4. The molecule has 2 aromatic rings. The van der Waals surface area contributed by atoms with Gasteiger partial charge in [-0.2, -0.15) is 0 Å². The Hall–Kier alpha value is -2.55. The highest BCUT2D eigenvalue weighted by Gasteiger charge is 2.82. The lowest BCUT2D eigenvalue weighted by molar-refractivity contribution is -0.267. The van der Waals surface area contributed by atoms with Crippen molar-refractivity contribution in [3.05, 3.63) is 84.5 Å². The van der Waals surface area contributed by atoms with Crippen LogP contribution in [-0.2, 0) is 28.2 Å². The first-order chi connectivity index (χ1) is 19.2. The molecule has 4 spiro atoms. The normalized spacial score (nSPS) is 36.9. The van der Waals surface area contributed by atoms with Crippen molar-refractivity contribution in [1.29, 1.82) is 0 Å². The largest absolute Gasteiger partial charge is 0.448 e. The number of carbonyl (C=O) groups excluding carboxylic acids is 1. The summed E-state index contributed by atoms with van der Waals surface area (Å²) in [6.45, 7) is 7.83. The molecule has 0 aromatic heterocycles. The fraction of sp³-hybridized carbons (Fsp3) is 0.485. The number of carbonyl (C=O) groups is 1. The molecule has 5 heterocycles. The van der Waals surface area contributed by atoms with Gasteiger partial charge in [-0.3, -0.25) is 4.79 Å². The van der Waals surface area contributed by atoms with Crippen LogP contribution in [0, 0.1) is 5.41 Å². The first kappa shape index (κ1) is 25.2. The van der Waals surface area contributed by atoms with Crippen molar-refractivity contribution in [2.75, 3.05) is 13.2 Å². The highest BCUT2D eigenvalue weighted by atomic mass is 28.4. The van der Waals surface area contributed by atoms with E-state index in [4.69, 9.17) is 23.4 Å². The summed E-state index contributed by atoms with van der Waals surface area (Å²) in [6, 6.07) is 21.3. The van der Waals surface area contributed by atoms with Gasteiger partial charge in [0, 0.05) is 6.42 Å². The molecule has 0 radical (unpaired) electrons. The molecule has 5 aliphatic heterocycles. The zero-order valence-corrected chi connectivity index (χ0v) is 24.4. The molecule has 0 amide bonds. The fourth-order valence-electron chi connectivity index (χ4n) is 8.82. The number of benzene rings is 2. The van der Waals surface area contributed by atoms with Gasteiger partial charge in [0.15, 0.2) is 11.2 Å². The minimum absolute atomic E-state index is 0.205. The van der Waals surface area contributed by atoms with E-state index in [0.717, 1.165) is 18.4 Å². The second-order valence-corrected chi connectivity index (χ2v) is 17.5. The smallest absolute Gasteiger partial charge is 0.320 e. The van der Waals surface area contributed by atoms with Crippen LogP contribution >= 0.6 is 0 Å². The second kappa shape index (κ2) is 8.05. The fourth-order valence-corrected chi connectivity index (χ4v) is 13.6. The van der Waals surface area contributed by atoms with Crippen LogP contribution in [0.2, 0.25) is 5.04 Å². The molecular weight excluding hydrogens is 520 g/mol. The standard InChI is InChI=1S/C33H36O6Si/c1-29(2,3)40(24-10-6-4-7-11-24,25-12-8-5-9-13-25)39-27-15-14-23-22-30-18-19-32(35-20-21-36-32)31(30)17-16-26(37-31)33(23,27)38-28(30)34/h4-13,16-17,22,26-27H,14-15,18-21H2,1-3H3/t26-,27-,30-,31+,33+/m1/s1. The Morgan fingerprint density at radius 1 is 0.925 bits per heavy atom. The lowest BCUT2D eigenvalue weighted by Gasteiger charge is -2.49. The topological polar surface area (TPSA) is 63.2 Å². The van der Waals surface area contributed by atoms with E-state index in [9.17, 15) is 4.79 Å². The third kappa shape index (κ3) is 2.76. The molecule has 5 atom stereocenters. The molecular formula is C33H36O6Si. The van der Waals surface area contributed by atoms with Gasteiger partial charge in [0.25, 0.3) is 8.32 Å². The van der Waals surface area contributed by atoms with Crippen LogP contribution in [0.25, 0.3) is 0 Å². The van der Waals surface area contributed by atoms with E-state index in [1.165, 1.54) is 10.4 Å². The third-order valence-corrected chi connectivity index (χ3v) is 15.6. The van der Waals surface area contributed by atoms with Gasteiger partial charge >= 0.3 is 5.97 Å². The number of fused-ring (bicyclic) bond motifs is 1. The van der Waals surface area contributed by atoms with Crippen LogP contribution in [0.15, 0.2) is 84.5 Å². The van der Waals surface area contributed by atoms with Gasteiger partial charge in [0.2, 0.25) is 5.79 Å². The van der Waals surface area contributed by atoms with E-state index in [2.05, 4.69) is 99.7 Å². The monoisotopic (exact) mass is 556 g/mol. The van der Waals surface area contributed by atoms with Crippen molar-refractivity contribution in [3.63, 3.8) is 0 Å². The van der Waals surface area contributed by atoms with Crippen molar-refractivity contribution in [2.24, 2.45) is 5.41 Å². The van der Waals surface area contributed by atoms with Gasteiger partial charge in [-0.05, 0) is 46.3 Å². The quantitative estimate of drug-likeness (QED) is 0.320. The van der Waals surface area contributed by atoms with Crippen LogP contribution in [0.3, 0.4) is 0 Å². The van der Waals surface area contributed by atoms with Crippen molar-refractivity contribution in [2.45, 2.75) is 80.7 Å². The van der Waals surface area contributed by atoms with Crippen LogP contribution in [0.1, 0.15) is 46.5 Å². The van der Waals surface area contributed by atoms with Crippen LogP contribution < -0.4 is 10.4 Å².